The van der Waals surface area contributed by atoms with Crippen molar-refractivity contribution in [2.75, 3.05) is 46.3 Å². The van der Waals surface area contributed by atoms with Gasteiger partial charge in [-0.25, -0.2) is 4.39 Å². The van der Waals surface area contributed by atoms with Crippen molar-refractivity contribution in [2.45, 2.75) is 25.9 Å². The third-order valence-electron chi connectivity index (χ3n) is 5.54. The molecule has 0 unspecified atom stereocenters. The number of hydrogen-bond donors (Lipinski definition) is 2. The van der Waals surface area contributed by atoms with Gasteiger partial charge < -0.3 is 15.5 Å². The minimum absolute atomic E-state index is 0.190. The maximum absolute atomic E-state index is 13.7. The van der Waals surface area contributed by atoms with E-state index >= 15 is 0 Å². The molecule has 0 bridgehead atoms. The Bertz CT molecular complexity index is 772. The molecule has 0 saturated carbocycles. The fourth-order valence-electron chi connectivity index (χ4n) is 3.72. The maximum Gasteiger partial charge on any atom is 0.191 e. The van der Waals surface area contributed by atoms with Crippen LogP contribution in [0.25, 0.3) is 0 Å². The number of piperazine rings is 1. The highest BCUT2D eigenvalue weighted by Crippen LogP contribution is 2.09. The van der Waals surface area contributed by atoms with Crippen LogP contribution in [0, 0.1) is 5.82 Å². The average Bonchev–Trinajstić information content (AvgIpc) is 2.78. The van der Waals surface area contributed by atoms with Gasteiger partial charge in [0.2, 0.25) is 0 Å². The molecule has 1 aliphatic rings. The number of rotatable bonds is 9. The van der Waals surface area contributed by atoms with Gasteiger partial charge in [0.25, 0.3) is 0 Å². The second-order valence-electron chi connectivity index (χ2n) is 7.75. The minimum Gasteiger partial charge on any atom is -0.356 e. The molecule has 6 heteroatoms. The standard InChI is InChI=1S/C24H34FN5/c1-26-24(28-19-22-11-5-6-12-23(22)25)27-13-7-8-14-29-15-17-30(18-16-29)20-21-9-3-2-4-10-21/h2-6,9-12H,7-8,13-20H2,1H3,(H2,26,27,28). The van der Waals surface area contributed by atoms with E-state index in [2.05, 4.69) is 55.8 Å². The van der Waals surface area contributed by atoms with Crippen molar-refractivity contribution >= 4 is 5.96 Å². The van der Waals surface area contributed by atoms with Crippen LogP contribution in [0.2, 0.25) is 0 Å². The predicted molar refractivity (Wildman–Crippen MR) is 122 cm³/mol. The van der Waals surface area contributed by atoms with Gasteiger partial charge in [0, 0.05) is 58.4 Å². The number of guanidine groups is 1. The smallest absolute Gasteiger partial charge is 0.191 e. The van der Waals surface area contributed by atoms with E-state index in [0.717, 1.165) is 58.7 Å². The lowest BCUT2D eigenvalue weighted by atomic mass is 10.2. The highest BCUT2D eigenvalue weighted by Gasteiger charge is 2.16. The van der Waals surface area contributed by atoms with Gasteiger partial charge in [0.1, 0.15) is 5.82 Å². The lowest BCUT2D eigenvalue weighted by molar-refractivity contribution is 0.126. The molecule has 0 aliphatic carbocycles. The topological polar surface area (TPSA) is 42.9 Å². The van der Waals surface area contributed by atoms with Crippen molar-refractivity contribution in [3.8, 4) is 0 Å². The first-order valence-corrected chi connectivity index (χ1v) is 10.9. The molecule has 0 atom stereocenters. The molecular weight excluding hydrogens is 377 g/mol. The predicted octanol–water partition coefficient (Wildman–Crippen LogP) is 3.09. The van der Waals surface area contributed by atoms with Crippen molar-refractivity contribution in [3.05, 3.63) is 71.5 Å². The van der Waals surface area contributed by atoms with Gasteiger partial charge in [-0.3, -0.25) is 9.89 Å². The zero-order valence-corrected chi connectivity index (χ0v) is 18.0. The van der Waals surface area contributed by atoms with E-state index in [9.17, 15) is 4.39 Å². The van der Waals surface area contributed by atoms with Crippen LogP contribution < -0.4 is 10.6 Å². The van der Waals surface area contributed by atoms with E-state index in [4.69, 9.17) is 0 Å². The van der Waals surface area contributed by atoms with Crippen LogP contribution in [-0.2, 0) is 13.1 Å². The van der Waals surface area contributed by atoms with Gasteiger partial charge in [-0.05, 0) is 31.0 Å². The Hall–Kier alpha value is -2.44. The molecule has 5 nitrogen and oxygen atoms in total. The summed E-state index contributed by atoms with van der Waals surface area (Å²) in [5.74, 6) is 0.525. The Labute approximate surface area is 180 Å². The van der Waals surface area contributed by atoms with Gasteiger partial charge in [0.05, 0.1) is 0 Å². The fraction of sp³-hybridized carbons (Fsp3) is 0.458. The van der Waals surface area contributed by atoms with Crippen LogP contribution in [0.15, 0.2) is 59.6 Å². The summed E-state index contributed by atoms with van der Waals surface area (Å²) in [6.07, 6.45) is 2.25. The van der Waals surface area contributed by atoms with Gasteiger partial charge in [0.15, 0.2) is 5.96 Å². The number of benzene rings is 2. The SMILES string of the molecule is CN=C(NCCCCN1CCN(Cc2ccccc2)CC1)NCc1ccccc1F. The first-order chi connectivity index (χ1) is 14.7. The van der Waals surface area contributed by atoms with Gasteiger partial charge in [-0.15, -0.1) is 0 Å². The number of unbranched alkanes of at least 4 members (excludes halogenated alkanes) is 1. The summed E-state index contributed by atoms with van der Waals surface area (Å²) in [6, 6.07) is 17.5. The lowest BCUT2D eigenvalue weighted by Crippen LogP contribution is -2.46. The monoisotopic (exact) mass is 411 g/mol. The largest absolute Gasteiger partial charge is 0.356 e. The third kappa shape index (κ3) is 7.43. The summed E-state index contributed by atoms with van der Waals surface area (Å²) >= 11 is 0. The molecule has 0 amide bonds. The highest BCUT2D eigenvalue weighted by molar-refractivity contribution is 5.79. The lowest BCUT2D eigenvalue weighted by Gasteiger charge is -2.34. The second-order valence-corrected chi connectivity index (χ2v) is 7.75. The molecule has 30 heavy (non-hydrogen) atoms. The Morgan fingerprint density at radius 2 is 1.60 bits per heavy atom. The molecule has 3 rings (SSSR count). The molecule has 1 saturated heterocycles. The Kier molecular flexibility index (Phi) is 9.12. The van der Waals surface area contributed by atoms with Crippen LogP contribution in [0.5, 0.6) is 0 Å². The molecular formula is C24H34FN5. The number of halogens is 1. The molecule has 162 valence electrons. The normalized spacial score (nSPS) is 15.9. The van der Waals surface area contributed by atoms with E-state index in [0.29, 0.717) is 18.1 Å². The average molecular weight is 412 g/mol. The zero-order chi connectivity index (χ0) is 21.0. The van der Waals surface area contributed by atoms with Crippen molar-refractivity contribution in [1.82, 2.24) is 20.4 Å². The van der Waals surface area contributed by atoms with E-state index in [1.807, 2.05) is 6.07 Å². The summed E-state index contributed by atoms with van der Waals surface area (Å²) in [6.45, 7) is 8.06. The Morgan fingerprint density at radius 1 is 0.900 bits per heavy atom. The van der Waals surface area contributed by atoms with Crippen molar-refractivity contribution in [2.24, 2.45) is 4.99 Å². The summed E-state index contributed by atoms with van der Waals surface area (Å²) < 4.78 is 13.7. The van der Waals surface area contributed by atoms with E-state index in [1.165, 1.54) is 11.6 Å². The quantitative estimate of drug-likeness (QED) is 0.378. The van der Waals surface area contributed by atoms with Crippen molar-refractivity contribution in [3.63, 3.8) is 0 Å². The molecule has 1 fully saturated rings. The van der Waals surface area contributed by atoms with Crippen LogP contribution >= 0.6 is 0 Å². The first kappa shape index (κ1) is 22.2. The van der Waals surface area contributed by atoms with Gasteiger partial charge >= 0.3 is 0 Å². The molecule has 1 heterocycles. The Balaban J connectivity index is 1.25. The molecule has 0 radical (unpaired) electrons. The van der Waals surface area contributed by atoms with Crippen molar-refractivity contribution < 1.29 is 4.39 Å². The van der Waals surface area contributed by atoms with Crippen LogP contribution in [0.3, 0.4) is 0 Å². The molecule has 0 spiro atoms. The highest BCUT2D eigenvalue weighted by atomic mass is 19.1. The zero-order valence-electron chi connectivity index (χ0n) is 18.0. The van der Waals surface area contributed by atoms with E-state index in [-0.39, 0.29) is 5.82 Å². The molecule has 1 aliphatic heterocycles. The molecule has 2 aromatic rings. The van der Waals surface area contributed by atoms with Crippen molar-refractivity contribution in [1.29, 1.82) is 0 Å². The maximum atomic E-state index is 13.7. The van der Waals surface area contributed by atoms with E-state index in [1.54, 1.807) is 19.2 Å². The molecule has 2 N–H and O–H groups in total. The van der Waals surface area contributed by atoms with Crippen LogP contribution in [-0.4, -0.2) is 62.1 Å². The third-order valence-corrected chi connectivity index (χ3v) is 5.54. The molecule has 2 aromatic carbocycles. The summed E-state index contributed by atoms with van der Waals surface area (Å²) in [5, 5.41) is 6.50. The number of nitrogens with one attached hydrogen (secondary N) is 2. The van der Waals surface area contributed by atoms with Gasteiger partial charge in [-0.1, -0.05) is 48.5 Å². The Morgan fingerprint density at radius 3 is 2.33 bits per heavy atom. The summed E-state index contributed by atoms with van der Waals surface area (Å²) in [7, 11) is 1.74. The second kappa shape index (κ2) is 12.3. The summed E-state index contributed by atoms with van der Waals surface area (Å²) in [4.78, 5) is 9.32. The number of nitrogens with zero attached hydrogens (tertiary/aromatic N) is 3. The fourth-order valence-corrected chi connectivity index (χ4v) is 3.72. The molecule has 0 aromatic heterocycles. The van der Waals surface area contributed by atoms with Gasteiger partial charge in [-0.2, -0.15) is 0 Å². The number of aliphatic imine (C=N–C) groups is 1. The first-order valence-electron chi connectivity index (χ1n) is 10.9. The number of hydrogen-bond acceptors (Lipinski definition) is 3. The van der Waals surface area contributed by atoms with E-state index < -0.39 is 0 Å². The van der Waals surface area contributed by atoms with Crippen LogP contribution in [0.4, 0.5) is 4.39 Å². The van der Waals surface area contributed by atoms with Crippen LogP contribution in [0.1, 0.15) is 24.0 Å². The minimum atomic E-state index is -0.190. The summed E-state index contributed by atoms with van der Waals surface area (Å²) in [5.41, 5.74) is 2.04.